The molecule has 1 amide bonds. The van der Waals surface area contributed by atoms with Crippen molar-refractivity contribution in [2.24, 2.45) is 0 Å². The molecule has 23 heavy (non-hydrogen) atoms. The van der Waals surface area contributed by atoms with Gasteiger partial charge in [0.25, 0.3) is 0 Å². The average molecular weight is 334 g/mol. The number of hydrogen-bond acceptors (Lipinski definition) is 6. The number of thioether (sulfide) groups is 1. The summed E-state index contributed by atoms with van der Waals surface area (Å²) in [7, 11) is 0. The van der Waals surface area contributed by atoms with Crippen molar-refractivity contribution < 1.29 is 14.3 Å². The number of nitrogens with one attached hydrogen (secondary N) is 2. The standard InChI is InChI=1S/C15H18N4O3S/c1-4-22-14(21)11-5-7-12(8-6-11)17-13(20)9(2)23-15-16-10(3)18-19-15/h5-9H,4H2,1-3H3,(H,17,20)(H,16,18,19)/t9-/m1/s1. The number of H-pyrrole nitrogens is 1. The van der Waals surface area contributed by atoms with E-state index < -0.39 is 0 Å². The third-order valence-electron chi connectivity index (χ3n) is 2.89. The van der Waals surface area contributed by atoms with Gasteiger partial charge in [0.1, 0.15) is 5.82 Å². The maximum absolute atomic E-state index is 12.2. The third kappa shape index (κ3) is 4.82. The van der Waals surface area contributed by atoms with Gasteiger partial charge in [-0.15, -0.1) is 5.10 Å². The Bertz CT molecular complexity index is 684. The molecular formula is C15H18N4O3S. The Kier molecular flexibility index (Phi) is 5.75. The molecule has 1 atom stereocenters. The van der Waals surface area contributed by atoms with Crippen LogP contribution in [0.15, 0.2) is 29.4 Å². The lowest BCUT2D eigenvalue weighted by Crippen LogP contribution is -2.22. The van der Waals surface area contributed by atoms with Crippen LogP contribution in [0.4, 0.5) is 5.69 Å². The van der Waals surface area contributed by atoms with Crippen LogP contribution in [0.5, 0.6) is 0 Å². The topological polar surface area (TPSA) is 97.0 Å². The molecule has 2 rings (SSSR count). The Morgan fingerprint density at radius 2 is 2.04 bits per heavy atom. The number of hydrogen-bond donors (Lipinski definition) is 2. The van der Waals surface area contributed by atoms with Crippen LogP contribution in [0.1, 0.15) is 30.0 Å². The fraction of sp³-hybridized carbons (Fsp3) is 0.333. The average Bonchev–Trinajstić information content (AvgIpc) is 2.93. The number of aromatic nitrogens is 3. The Labute approximate surface area is 138 Å². The van der Waals surface area contributed by atoms with Crippen LogP contribution in [0.3, 0.4) is 0 Å². The van der Waals surface area contributed by atoms with Crippen LogP contribution in [-0.4, -0.2) is 38.9 Å². The zero-order valence-corrected chi connectivity index (χ0v) is 13.9. The normalized spacial score (nSPS) is 11.8. The van der Waals surface area contributed by atoms with Crippen molar-refractivity contribution in [1.29, 1.82) is 0 Å². The van der Waals surface area contributed by atoms with Gasteiger partial charge in [0.15, 0.2) is 0 Å². The number of rotatable bonds is 6. The second-order valence-corrected chi connectivity index (χ2v) is 6.06. The predicted octanol–water partition coefficient (Wildman–Crippen LogP) is 2.41. The molecule has 0 radical (unpaired) electrons. The highest BCUT2D eigenvalue weighted by Crippen LogP contribution is 2.20. The Hall–Kier alpha value is -2.35. The van der Waals surface area contributed by atoms with E-state index in [1.54, 1.807) is 45.0 Å². The van der Waals surface area contributed by atoms with Gasteiger partial charge in [-0.25, -0.2) is 9.78 Å². The lowest BCUT2D eigenvalue weighted by atomic mass is 10.2. The Morgan fingerprint density at radius 3 is 2.61 bits per heavy atom. The molecule has 0 aliphatic heterocycles. The molecule has 122 valence electrons. The smallest absolute Gasteiger partial charge is 0.338 e. The second kappa shape index (κ2) is 7.77. The van der Waals surface area contributed by atoms with E-state index in [0.717, 1.165) is 0 Å². The largest absolute Gasteiger partial charge is 0.462 e. The number of aromatic amines is 1. The number of nitrogens with zero attached hydrogens (tertiary/aromatic N) is 2. The number of esters is 1. The van der Waals surface area contributed by atoms with Gasteiger partial charge >= 0.3 is 5.97 Å². The van der Waals surface area contributed by atoms with Crippen molar-refractivity contribution in [2.45, 2.75) is 31.2 Å². The van der Waals surface area contributed by atoms with E-state index in [2.05, 4.69) is 20.5 Å². The predicted molar refractivity (Wildman–Crippen MR) is 87.5 cm³/mol. The molecule has 2 aromatic rings. The van der Waals surface area contributed by atoms with Gasteiger partial charge in [0.05, 0.1) is 17.4 Å². The van der Waals surface area contributed by atoms with Gasteiger partial charge < -0.3 is 10.1 Å². The first kappa shape index (κ1) is 17.0. The van der Waals surface area contributed by atoms with E-state index in [9.17, 15) is 9.59 Å². The lowest BCUT2D eigenvalue weighted by molar-refractivity contribution is -0.115. The summed E-state index contributed by atoms with van der Waals surface area (Å²) in [4.78, 5) is 27.9. The summed E-state index contributed by atoms with van der Waals surface area (Å²) in [5.41, 5.74) is 1.06. The summed E-state index contributed by atoms with van der Waals surface area (Å²) in [6.07, 6.45) is 0. The van der Waals surface area contributed by atoms with Gasteiger partial charge in [0.2, 0.25) is 11.1 Å². The first-order valence-corrected chi connectivity index (χ1v) is 8.01. The number of anilines is 1. The molecule has 1 heterocycles. The molecule has 0 fully saturated rings. The van der Waals surface area contributed by atoms with Crippen LogP contribution in [0, 0.1) is 6.92 Å². The van der Waals surface area contributed by atoms with Crippen molar-refractivity contribution in [3.05, 3.63) is 35.7 Å². The molecule has 0 bridgehead atoms. The van der Waals surface area contributed by atoms with Gasteiger partial charge in [0, 0.05) is 5.69 Å². The van der Waals surface area contributed by atoms with Gasteiger partial charge in [-0.05, 0) is 45.0 Å². The molecule has 0 spiro atoms. The highest BCUT2D eigenvalue weighted by Gasteiger charge is 2.17. The molecule has 0 saturated heterocycles. The zero-order chi connectivity index (χ0) is 16.8. The van der Waals surface area contributed by atoms with Crippen LogP contribution >= 0.6 is 11.8 Å². The maximum atomic E-state index is 12.2. The Morgan fingerprint density at radius 1 is 1.35 bits per heavy atom. The minimum absolute atomic E-state index is 0.165. The van der Waals surface area contributed by atoms with Gasteiger partial charge in [-0.2, -0.15) is 0 Å². The molecule has 1 aromatic heterocycles. The molecule has 2 N–H and O–H groups in total. The monoisotopic (exact) mass is 334 g/mol. The fourth-order valence-corrected chi connectivity index (χ4v) is 2.50. The highest BCUT2D eigenvalue weighted by molar-refractivity contribution is 8.00. The molecule has 0 unspecified atom stereocenters. The number of benzene rings is 1. The lowest BCUT2D eigenvalue weighted by Gasteiger charge is -2.10. The van der Waals surface area contributed by atoms with E-state index in [1.807, 2.05) is 0 Å². The number of amides is 1. The van der Waals surface area contributed by atoms with Gasteiger partial charge in [-0.1, -0.05) is 11.8 Å². The molecule has 0 saturated carbocycles. The van der Waals surface area contributed by atoms with E-state index in [0.29, 0.717) is 28.8 Å². The first-order valence-electron chi connectivity index (χ1n) is 7.13. The van der Waals surface area contributed by atoms with Crippen LogP contribution in [0.25, 0.3) is 0 Å². The molecular weight excluding hydrogens is 316 g/mol. The number of ether oxygens (including phenoxy) is 1. The summed E-state index contributed by atoms with van der Waals surface area (Å²) in [5, 5.41) is 9.69. The van der Waals surface area contributed by atoms with E-state index in [-0.39, 0.29) is 17.1 Å². The van der Waals surface area contributed by atoms with Crippen molar-refractivity contribution in [1.82, 2.24) is 15.2 Å². The Balaban J connectivity index is 1.92. The highest BCUT2D eigenvalue weighted by atomic mass is 32.2. The summed E-state index contributed by atoms with van der Waals surface area (Å²) in [5.74, 6) is 0.158. The van der Waals surface area contributed by atoms with Crippen LogP contribution in [0.2, 0.25) is 0 Å². The minimum atomic E-state index is -0.380. The fourth-order valence-electron chi connectivity index (χ4n) is 1.73. The quantitative estimate of drug-likeness (QED) is 0.622. The summed E-state index contributed by atoms with van der Waals surface area (Å²) in [6, 6.07) is 6.56. The summed E-state index contributed by atoms with van der Waals surface area (Å²) >= 11 is 1.27. The maximum Gasteiger partial charge on any atom is 0.338 e. The van der Waals surface area contributed by atoms with Crippen molar-refractivity contribution in [3.8, 4) is 0 Å². The van der Waals surface area contributed by atoms with Gasteiger partial charge in [-0.3, -0.25) is 9.89 Å². The van der Waals surface area contributed by atoms with Crippen molar-refractivity contribution in [3.63, 3.8) is 0 Å². The van der Waals surface area contributed by atoms with Crippen LogP contribution < -0.4 is 5.32 Å². The van der Waals surface area contributed by atoms with E-state index >= 15 is 0 Å². The molecule has 0 aliphatic carbocycles. The summed E-state index contributed by atoms with van der Waals surface area (Å²) in [6.45, 7) is 5.65. The molecule has 1 aromatic carbocycles. The number of carbonyl (C=O) groups excluding carboxylic acids is 2. The first-order chi connectivity index (χ1) is 11.0. The third-order valence-corrected chi connectivity index (χ3v) is 3.85. The molecule has 0 aliphatic rings. The molecule has 7 nitrogen and oxygen atoms in total. The minimum Gasteiger partial charge on any atom is -0.462 e. The summed E-state index contributed by atoms with van der Waals surface area (Å²) < 4.78 is 4.91. The zero-order valence-electron chi connectivity index (χ0n) is 13.1. The second-order valence-electron chi connectivity index (χ2n) is 4.75. The van der Waals surface area contributed by atoms with Crippen molar-refractivity contribution >= 4 is 29.3 Å². The van der Waals surface area contributed by atoms with E-state index in [4.69, 9.17) is 4.74 Å². The molecule has 8 heteroatoms. The van der Waals surface area contributed by atoms with E-state index in [1.165, 1.54) is 11.8 Å². The number of aryl methyl sites for hydroxylation is 1. The van der Waals surface area contributed by atoms with Crippen molar-refractivity contribution in [2.75, 3.05) is 11.9 Å². The van der Waals surface area contributed by atoms with Crippen LogP contribution in [-0.2, 0) is 9.53 Å². The number of carbonyl (C=O) groups is 2. The SMILES string of the molecule is CCOC(=O)c1ccc(NC(=O)[C@@H](C)Sc2n[nH]c(C)n2)cc1.